The van der Waals surface area contributed by atoms with Crippen molar-refractivity contribution >= 4 is 29.2 Å². The highest BCUT2D eigenvalue weighted by Crippen LogP contribution is 2.33. The summed E-state index contributed by atoms with van der Waals surface area (Å²) in [7, 11) is 0. The second kappa shape index (κ2) is 6.69. The normalized spacial score (nSPS) is 11.5. The second-order valence-corrected chi connectivity index (χ2v) is 5.25. The van der Waals surface area contributed by atoms with Gasteiger partial charge in [0.1, 0.15) is 17.3 Å². The van der Waals surface area contributed by atoms with Crippen LogP contribution in [0, 0.1) is 5.82 Å². The van der Waals surface area contributed by atoms with E-state index in [2.05, 4.69) is 5.16 Å². The lowest BCUT2D eigenvalue weighted by molar-refractivity contribution is 0.318. The first-order valence-corrected chi connectivity index (χ1v) is 7.45. The number of thioether (sulfide) groups is 1. The predicted molar refractivity (Wildman–Crippen MR) is 82.2 cm³/mol. The molecule has 0 heterocycles. The smallest absolute Gasteiger partial charge is 0.175 e. The molecule has 0 atom stereocenters. The van der Waals surface area contributed by atoms with Crippen molar-refractivity contribution < 1.29 is 14.3 Å². The molecule has 0 radical (unpaired) electrons. The number of oxime groups is 1. The van der Waals surface area contributed by atoms with Gasteiger partial charge in [-0.2, -0.15) is 0 Å². The van der Waals surface area contributed by atoms with Crippen LogP contribution in [0.25, 0.3) is 0 Å². The summed E-state index contributed by atoms with van der Waals surface area (Å²) in [4.78, 5) is 0.775. The van der Waals surface area contributed by atoms with Gasteiger partial charge in [0.25, 0.3) is 0 Å². The number of nitrogens with two attached hydrogens (primary N) is 1. The van der Waals surface area contributed by atoms with E-state index in [4.69, 9.17) is 27.3 Å². The SMILES string of the molecule is CSc1cccc(Oc2ccc(Cl)c(F)c2)c1/C(N)=N/O. The van der Waals surface area contributed by atoms with E-state index >= 15 is 0 Å². The maximum atomic E-state index is 13.4. The molecule has 0 amide bonds. The minimum absolute atomic E-state index is 0.0110. The van der Waals surface area contributed by atoms with Crippen molar-refractivity contribution in [1.82, 2.24) is 0 Å². The lowest BCUT2D eigenvalue weighted by atomic mass is 10.2. The van der Waals surface area contributed by atoms with Crippen molar-refractivity contribution in [3.63, 3.8) is 0 Å². The zero-order chi connectivity index (χ0) is 15.4. The highest BCUT2D eigenvalue weighted by molar-refractivity contribution is 7.98. The molecule has 0 aliphatic heterocycles. The molecule has 0 fully saturated rings. The summed E-state index contributed by atoms with van der Waals surface area (Å²) in [5, 5.41) is 11.9. The molecular weight excluding hydrogens is 315 g/mol. The van der Waals surface area contributed by atoms with Crippen LogP contribution in [-0.2, 0) is 0 Å². The molecule has 3 N–H and O–H groups in total. The van der Waals surface area contributed by atoms with Crippen LogP contribution in [0.4, 0.5) is 4.39 Å². The quantitative estimate of drug-likeness (QED) is 0.292. The topological polar surface area (TPSA) is 67.8 Å². The van der Waals surface area contributed by atoms with Crippen molar-refractivity contribution in [1.29, 1.82) is 0 Å². The Balaban J connectivity index is 2.46. The first kappa shape index (κ1) is 15.5. The molecular formula is C14H12ClFN2O2S. The third-order valence-corrected chi connectivity index (χ3v) is 3.78. The van der Waals surface area contributed by atoms with Gasteiger partial charge in [-0.15, -0.1) is 11.8 Å². The van der Waals surface area contributed by atoms with E-state index in [0.29, 0.717) is 11.3 Å². The molecule has 7 heteroatoms. The van der Waals surface area contributed by atoms with Gasteiger partial charge < -0.3 is 15.7 Å². The van der Waals surface area contributed by atoms with Crippen LogP contribution in [0.1, 0.15) is 5.56 Å². The number of benzene rings is 2. The number of nitrogens with zero attached hydrogens (tertiary/aromatic N) is 1. The van der Waals surface area contributed by atoms with Crippen molar-refractivity contribution in [2.75, 3.05) is 6.26 Å². The molecule has 2 rings (SSSR count). The summed E-state index contributed by atoms with van der Waals surface area (Å²) in [6, 6.07) is 9.33. The van der Waals surface area contributed by atoms with Gasteiger partial charge in [0.15, 0.2) is 5.84 Å². The molecule has 2 aromatic rings. The fraction of sp³-hybridized carbons (Fsp3) is 0.0714. The van der Waals surface area contributed by atoms with Crippen molar-refractivity contribution in [3.05, 3.63) is 52.8 Å². The lowest BCUT2D eigenvalue weighted by Crippen LogP contribution is -2.15. The maximum absolute atomic E-state index is 13.4. The molecule has 0 bridgehead atoms. The summed E-state index contributed by atoms with van der Waals surface area (Å²) >= 11 is 7.05. The summed E-state index contributed by atoms with van der Waals surface area (Å²) in [6.45, 7) is 0. The summed E-state index contributed by atoms with van der Waals surface area (Å²) in [6.07, 6.45) is 1.86. The molecule has 0 saturated carbocycles. The van der Waals surface area contributed by atoms with Crippen molar-refractivity contribution in [3.8, 4) is 11.5 Å². The minimum Gasteiger partial charge on any atom is -0.456 e. The number of amidine groups is 1. The molecule has 0 spiro atoms. The highest BCUT2D eigenvalue weighted by atomic mass is 35.5. The molecule has 2 aromatic carbocycles. The van der Waals surface area contributed by atoms with Crippen LogP contribution >= 0.6 is 23.4 Å². The lowest BCUT2D eigenvalue weighted by Gasteiger charge is -2.13. The van der Waals surface area contributed by atoms with E-state index in [1.165, 1.54) is 30.0 Å². The van der Waals surface area contributed by atoms with Crippen molar-refractivity contribution in [2.45, 2.75) is 4.90 Å². The van der Waals surface area contributed by atoms with Gasteiger partial charge >= 0.3 is 0 Å². The van der Waals surface area contributed by atoms with Gasteiger partial charge in [0.2, 0.25) is 0 Å². The zero-order valence-electron chi connectivity index (χ0n) is 11.0. The zero-order valence-corrected chi connectivity index (χ0v) is 12.6. The second-order valence-electron chi connectivity index (χ2n) is 4.00. The minimum atomic E-state index is -0.583. The Labute approximate surface area is 130 Å². The summed E-state index contributed by atoms with van der Waals surface area (Å²) in [5.74, 6) is -0.0362. The average molecular weight is 327 g/mol. The van der Waals surface area contributed by atoms with Gasteiger partial charge in [-0.1, -0.05) is 22.8 Å². The first-order chi connectivity index (χ1) is 10.1. The molecule has 0 aromatic heterocycles. The van der Waals surface area contributed by atoms with Gasteiger partial charge in [-0.05, 0) is 30.5 Å². The fourth-order valence-corrected chi connectivity index (χ4v) is 2.48. The van der Waals surface area contributed by atoms with E-state index in [1.54, 1.807) is 12.1 Å². The Morgan fingerprint density at radius 1 is 1.38 bits per heavy atom. The van der Waals surface area contributed by atoms with E-state index in [1.807, 2.05) is 12.3 Å². The third kappa shape index (κ3) is 3.40. The number of hydrogen-bond acceptors (Lipinski definition) is 4. The summed E-state index contributed by atoms with van der Waals surface area (Å²) < 4.78 is 19.1. The van der Waals surface area contributed by atoms with E-state index in [0.717, 1.165) is 4.90 Å². The van der Waals surface area contributed by atoms with Crippen LogP contribution in [0.15, 0.2) is 46.4 Å². The maximum Gasteiger partial charge on any atom is 0.175 e. The molecule has 4 nitrogen and oxygen atoms in total. The first-order valence-electron chi connectivity index (χ1n) is 5.84. The third-order valence-electron chi connectivity index (χ3n) is 2.69. The van der Waals surface area contributed by atoms with Gasteiger partial charge in [-0.25, -0.2) is 4.39 Å². The number of halogens is 2. The van der Waals surface area contributed by atoms with Crippen LogP contribution in [0.5, 0.6) is 11.5 Å². The predicted octanol–water partition coefficient (Wildman–Crippen LogP) is 4.09. The number of ether oxygens (including phenoxy) is 1. The van der Waals surface area contributed by atoms with Gasteiger partial charge in [-0.3, -0.25) is 0 Å². The largest absolute Gasteiger partial charge is 0.456 e. The van der Waals surface area contributed by atoms with E-state index in [-0.39, 0.29) is 16.6 Å². The molecule has 110 valence electrons. The Kier molecular flexibility index (Phi) is 4.93. The number of hydrogen-bond donors (Lipinski definition) is 2. The van der Waals surface area contributed by atoms with E-state index < -0.39 is 5.82 Å². The highest BCUT2D eigenvalue weighted by Gasteiger charge is 2.15. The Morgan fingerprint density at radius 3 is 2.76 bits per heavy atom. The van der Waals surface area contributed by atoms with Crippen LogP contribution in [-0.4, -0.2) is 17.3 Å². The average Bonchev–Trinajstić information content (AvgIpc) is 2.50. The van der Waals surface area contributed by atoms with Crippen LogP contribution in [0.3, 0.4) is 0 Å². The van der Waals surface area contributed by atoms with Gasteiger partial charge in [0, 0.05) is 11.0 Å². The molecule has 0 aliphatic rings. The molecule has 0 aliphatic carbocycles. The standard InChI is InChI=1S/C14H12ClFN2O2S/c1-21-12-4-2-3-11(13(12)14(17)18-19)20-8-5-6-9(15)10(16)7-8/h2-7,19H,1H3,(H2,17,18). The molecule has 21 heavy (non-hydrogen) atoms. The Bertz CT molecular complexity index is 695. The molecule has 0 saturated heterocycles. The van der Waals surface area contributed by atoms with Crippen LogP contribution in [0.2, 0.25) is 5.02 Å². The van der Waals surface area contributed by atoms with Gasteiger partial charge in [0.05, 0.1) is 10.6 Å². The molecule has 0 unspecified atom stereocenters. The van der Waals surface area contributed by atoms with E-state index in [9.17, 15) is 4.39 Å². The Hall–Kier alpha value is -1.92. The van der Waals surface area contributed by atoms with Crippen molar-refractivity contribution in [2.24, 2.45) is 10.9 Å². The Morgan fingerprint density at radius 2 is 2.14 bits per heavy atom. The number of rotatable bonds is 4. The summed E-state index contributed by atoms with van der Waals surface area (Å²) in [5.41, 5.74) is 6.14. The fourth-order valence-electron chi connectivity index (χ4n) is 1.74. The monoisotopic (exact) mass is 326 g/mol. The van der Waals surface area contributed by atoms with Crippen LogP contribution < -0.4 is 10.5 Å².